The molecule has 2 nitrogen and oxygen atoms in total. The lowest BCUT2D eigenvalue weighted by Gasteiger charge is -2.30. The number of carbonyl (C=O) groups is 1. The normalized spacial score (nSPS) is 30.8. The average molecular weight is 326 g/mol. The van der Waals surface area contributed by atoms with Crippen molar-refractivity contribution in [1.29, 1.82) is 0 Å². The third kappa shape index (κ3) is 3.24. The minimum atomic E-state index is -4.35. The molecule has 0 bridgehead atoms. The highest BCUT2D eigenvalue weighted by Crippen LogP contribution is 2.53. The molecule has 23 heavy (non-hydrogen) atoms. The Morgan fingerprint density at radius 3 is 2.04 bits per heavy atom. The number of ether oxygens (including phenoxy) is 1. The molecule has 3 rings (SSSR count). The van der Waals surface area contributed by atoms with Crippen LogP contribution in [0.1, 0.15) is 56.6 Å². The van der Waals surface area contributed by atoms with Crippen LogP contribution in [-0.2, 0) is 21.3 Å². The van der Waals surface area contributed by atoms with Gasteiger partial charge in [-0.2, -0.15) is 13.2 Å². The number of fused-ring (bicyclic) bond motifs is 1. The first-order valence-electron chi connectivity index (χ1n) is 8.17. The number of benzene rings is 1. The Morgan fingerprint density at radius 1 is 1.09 bits per heavy atom. The zero-order chi connectivity index (χ0) is 16.7. The van der Waals surface area contributed by atoms with Gasteiger partial charge in [-0.05, 0) is 42.4 Å². The van der Waals surface area contributed by atoms with Gasteiger partial charge in [0.15, 0.2) is 0 Å². The Morgan fingerprint density at radius 2 is 1.61 bits per heavy atom. The van der Waals surface area contributed by atoms with E-state index in [2.05, 4.69) is 0 Å². The van der Waals surface area contributed by atoms with E-state index in [0.29, 0.717) is 17.4 Å². The fourth-order valence-electron chi connectivity index (χ4n) is 4.37. The first-order chi connectivity index (χ1) is 10.8. The number of alkyl halides is 3. The van der Waals surface area contributed by atoms with Crippen LogP contribution >= 0.6 is 0 Å². The molecule has 0 aromatic heterocycles. The topological polar surface area (TPSA) is 26.3 Å². The molecule has 0 radical (unpaired) electrons. The monoisotopic (exact) mass is 326 g/mol. The second-order valence-corrected chi connectivity index (χ2v) is 6.88. The van der Waals surface area contributed by atoms with Crippen LogP contribution in [0.3, 0.4) is 0 Å². The predicted octanol–water partition coefficient (Wildman–Crippen LogP) is 5.06. The zero-order valence-corrected chi connectivity index (χ0v) is 13.2. The Labute approximate surface area is 134 Å². The van der Waals surface area contributed by atoms with E-state index in [1.165, 1.54) is 31.9 Å². The summed E-state index contributed by atoms with van der Waals surface area (Å²) in [4.78, 5) is 11.6. The molecule has 2 aliphatic carbocycles. The summed E-state index contributed by atoms with van der Waals surface area (Å²) in [6, 6.07) is 5.12. The van der Waals surface area contributed by atoms with Gasteiger partial charge in [-0.15, -0.1) is 0 Å². The maximum absolute atomic E-state index is 12.8. The van der Waals surface area contributed by atoms with Gasteiger partial charge in [0, 0.05) is 6.92 Å². The van der Waals surface area contributed by atoms with Crippen molar-refractivity contribution < 1.29 is 22.7 Å². The lowest BCUT2D eigenvalue weighted by atomic mass is 9.82. The SMILES string of the molecule is CC(=O)OC1(c2ccc(C(F)(F)F)cc2)CC2CCCCC2C1. The third-order valence-corrected chi connectivity index (χ3v) is 5.33. The summed E-state index contributed by atoms with van der Waals surface area (Å²) in [5.41, 5.74) is -0.736. The number of halogens is 3. The van der Waals surface area contributed by atoms with Crippen LogP contribution in [0.25, 0.3) is 0 Å². The lowest BCUT2D eigenvalue weighted by Crippen LogP contribution is -2.29. The van der Waals surface area contributed by atoms with E-state index in [4.69, 9.17) is 4.74 Å². The summed E-state index contributed by atoms with van der Waals surface area (Å²) in [6.45, 7) is 1.37. The van der Waals surface area contributed by atoms with Crippen molar-refractivity contribution in [2.24, 2.45) is 11.8 Å². The summed E-state index contributed by atoms with van der Waals surface area (Å²) >= 11 is 0. The molecule has 2 unspecified atom stereocenters. The summed E-state index contributed by atoms with van der Waals surface area (Å²) < 4.78 is 44.0. The maximum Gasteiger partial charge on any atom is 0.416 e. The molecule has 5 heteroatoms. The van der Waals surface area contributed by atoms with Crippen molar-refractivity contribution in [2.45, 2.75) is 57.2 Å². The Bertz CT molecular complexity index is 563. The third-order valence-electron chi connectivity index (χ3n) is 5.33. The molecule has 2 atom stereocenters. The van der Waals surface area contributed by atoms with E-state index < -0.39 is 17.3 Å². The molecule has 2 aliphatic rings. The first kappa shape index (κ1) is 16.3. The van der Waals surface area contributed by atoms with Gasteiger partial charge >= 0.3 is 12.1 Å². The minimum absolute atomic E-state index is 0.372. The number of rotatable bonds is 2. The van der Waals surface area contributed by atoms with Crippen LogP contribution in [0.5, 0.6) is 0 Å². The molecular formula is C18H21F3O2. The van der Waals surface area contributed by atoms with E-state index in [-0.39, 0.29) is 5.97 Å². The molecule has 1 aromatic carbocycles. The predicted molar refractivity (Wildman–Crippen MR) is 79.6 cm³/mol. The van der Waals surface area contributed by atoms with Gasteiger partial charge < -0.3 is 4.74 Å². The lowest BCUT2D eigenvalue weighted by molar-refractivity contribution is -0.158. The van der Waals surface area contributed by atoms with Gasteiger partial charge in [0.1, 0.15) is 5.60 Å². The minimum Gasteiger partial charge on any atom is -0.454 e. The maximum atomic E-state index is 12.8. The molecule has 0 saturated heterocycles. The molecule has 1 aromatic rings. The van der Waals surface area contributed by atoms with Crippen LogP contribution in [0.15, 0.2) is 24.3 Å². The summed E-state index contributed by atoms with van der Waals surface area (Å²) in [6.07, 6.45) is 1.71. The van der Waals surface area contributed by atoms with Gasteiger partial charge in [-0.1, -0.05) is 37.8 Å². The van der Waals surface area contributed by atoms with E-state index in [9.17, 15) is 18.0 Å². The number of carbonyl (C=O) groups excluding carboxylic acids is 1. The second-order valence-electron chi connectivity index (χ2n) is 6.88. The van der Waals surface area contributed by atoms with Crippen LogP contribution in [0.4, 0.5) is 13.2 Å². The summed E-state index contributed by atoms with van der Waals surface area (Å²) in [7, 11) is 0. The van der Waals surface area contributed by atoms with E-state index in [0.717, 1.165) is 37.8 Å². The van der Waals surface area contributed by atoms with Crippen molar-refractivity contribution in [3.05, 3.63) is 35.4 Å². The van der Waals surface area contributed by atoms with Gasteiger partial charge in [0.25, 0.3) is 0 Å². The van der Waals surface area contributed by atoms with E-state index in [1.807, 2.05) is 0 Å². The zero-order valence-electron chi connectivity index (χ0n) is 13.2. The molecule has 2 saturated carbocycles. The largest absolute Gasteiger partial charge is 0.454 e. The second kappa shape index (κ2) is 5.84. The number of hydrogen-bond acceptors (Lipinski definition) is 2. The molecule has 126 valence electrons. The molecule has 0 aliphatic heterocycles. The van der Waals surface area contributed by atoms with Gasteiger partial charge in [0.2, 0.25) is 0 Å². The van der Waals surface area contributed by atoms with E-state index in [1.54, 1.807) is 0 Å². The molecule has 0 amide bonds. The number of esters is 1. The Kier molecular flexibility index (Phi) is 4.15. The van der Waals surface area contributed by atoms with Crippen molar-refractivity contribution >= 4 is 5.97 Å². The van der Waals surface area contributed by atoms with Gasteiger partial charge in [0.05, 0.1) is 5.56 Å². The van der Waals surface area contributed by atoms with Crippen molar-refractivity contribution in [3.8, 4) is 0 Å². The number of hydrogen-bond donors (Lipinski definition) is 0. The highest BCUT2D eigenvalue weighted by Gasteiger charge is 2.49. The summed E-state index contributed by atoms with van der Waals surface area (Å²) in [5.74, 6) is 0.638. The van der Waals surface area contributed by atoms with E-state index >= 15 is 0 Å². The van der Waals surface area contributed by atoms with Crippen LogP contribution in [0, 0.1) is 11.8 Å². The molecule has 0 heterocycles. The quantitative estimate of drug-likeness (QED) is 0.710. The van der Waals surface area contributed by atoms with Crippen LogP contribution in [-0.4, -0.2) is 5.97 Å². The standard InChI is InChI=1S/C18H21F3O2/c1-12(22)23-17(10-13-4-2-3-5-14(13)11-17)15-6-8-16(9-7-15)18(19,20)21/h6-9,13-14H,2-5,10-11H2,1H3. The highest BCUT2D eigenvalue weighted by atomic mass is 19.4. The van der Waals surface area contributed by atoms with Crippen molar-refractivity contribution in [2.75, 3.05) is 0 Å². The van der Waals surface area contributed by atoms with Gasteiger partial charge in [-0.25, -0.2) is 0 Å². The molecular weight excluding hydrogens is 305 g/mol. The van der Waals surface area contributed by atoms with Crippen LogP contribution in [0.2, 0.25) is 0 Å². The Balaban J connectivity index is 1.92. The molecule has 0 N–H and O–H groups in total. The van der Waals surface area contributed by atoms with Crippen molar-refractivity contribution in [1.82, 2.24) is 0 Å². The fraction of sp³-hybridized carbons (Fsp3) is 0.611. The van der Waals surface area contributed by atoms with Gasteiger partial charge in [-0.3, -0.25) is 4.79 Å². The average Bonchev–Trinajstić information content (AvgIpc) is 2.84. The first-order valence-corrected chi connectivity index (χ1v) is 8.17. The van der Waals surface area contributed by atoms with Crippen molar-refractivity contribution in [3.63, 3.8) is 0 Å². The molecule has 2 fully saturated rings. The highest BCUT2D eigenvalue weighted by molar-refractivity contribution is 5.67. The Hall–Kier alpha value is -1.52. The summed E-state index contributed by atoms with van der Waals surface area (Å²) in [5, 5.41) is 0. The fourth-order valence-corrected chi connectivity index (χ4v) is 4.37. The van der Waals surface area contributed by atoms with Crippen LogP contribution < -0.4 is 0 Å². The molecule has 0 spiro atoms. The smallest absolute Gasteiger partial charge is 0.416 e.